The van der Waals surface area contributed by atoms with Gasteiger partial charge in [0.25, 0.3) is 5.56 Å². The maximum absolute atomic E-state index is 13.6. The quantitative estimate of drug-likeness (QED) is 0.0517. The van der Waals surface area contributed by atoms with Gasteiger partial charge in [-0.15, -0.1) is 0 Å². The van der Waals surface area contributed by atoms with Gasteiger partial charge in [-0.3, -0.25) is 34.0 Å². The number of phenolic OH excluding ortho intramolecular Hbond substituents is 2. The lowest BCUT2D eigenvalue weighted by atomic mass is 9.72. The van der Waals surface area contributed by atoms with Crippen molar-refractivity contribution < 1.29 is 74.6 Å². The second-order valence-electron chi connectivity index (χ2n) is 19.3. The molecule has 24 nitrogen and oxygen atoms in total. The van der Waals surface area contributed by atoms with Gasteiger partial charge in [-0.2, -0.15) is 4.98 Å². The zero-order valence-electron chi connectivity index (χ0n) is 41.1. The predicted molar refractivity (Wildman–Crippen MR) is 260 cm³/mol. The molecule has 2 aliphatic carbocycles. The highest BCUT2D eigenvalue weighted by molar-refractivity contribution is 6.31. The average molecular weight is 1030 g/mol. The second kappa shape index (κ2) is 21.6. The first-order valence-corrected chi connectivity index (χ1v) is 24.1. The van der Waals surface area contributed by atoms with Crippen LogP contribution in [0.15, 0.2) is 39.9 Å². The normalized spacial score (nSPS) is 26.1. The summed E-state index contributed by atoms with van der Waals surface area (Å²) in [4.78, 5) is 78.8. The number of carbonyl (C=O) groups excluding carboxylic acids is 3. The van der Waals surface area contributed by atoms with Crippen LogP contribution in [0, 0.1) is 13.8 Å². The molecule has 4 saturated heterocycles. The molecule has 74 heavy (non-hydrogen) atoms. The third-order valence-corrected chi connectivity index (χ3v) is 14.6. The third kappa shape index (κ3) is 10.2. The maximum Gasteiger partial charge on any atom is 0.349 e. The number of fused-ring (bicyclic) bond motifs is 8. The Kier molecular flexibility index (Phi) is 15.8. The van der Waals surface area contributed by atoms with Crippen molar-refractivity contribution in [1.82, 2.24) is 29.3 Å². The summed E-state index contributed by atoms with van der Waals surface area (Å²) in [6.07, 6.45) is -9.80. The third-order valence-electron chi connectivity index (χ3n) is 14.6. The monoisotopic (exact) mass is 1030 g/mol. The first-order chi connectivity index (χ1) is 35.1. The molecule has 8 aliphatic rings. The van der Waals surface area contributed by atoms with Crippen molar-refractivity contribution in [2.75, 3.05) is 59.6 Å². The van der Waals surface area contributed by atoms with Gasteiger partial charge < -0.3 is 70.5 Å². The van der Waals surface area contributed by atoms with Gasteiger partial charge in [0.15, 0.2) is 29.4 Å². The molecule has 11 rings (SSSR count). The van der Waals surface area contributed by atoms with Crippen LogP contribution in [0.25, 0.3) is 22.6 Å². The van der Waals surface area contributed by atoms with Gasteiger partial charge in [0.05, 0.1) is 66.3 Å². The highest BCUT2D eigenvalue weighted by Crippen LogP contribution is 2.52. The molecule has 24 heteroatoms. The molecular weight excluding hydrogens is 971 g/mol. The zero-order chi connectivity index (χ0) is 53.7. The minimum absolute atomic E-state index is 0.0173. The Morgan fingerprint density at radius 3 is 2.15 bits per heavy atom. The number of rotatable bonds is 10. The molecule has 6 heterocycles. The number of nitrogens with two attached hydrogens (primary N) is 1. The van der Waals surface area contributed by atoms with Crippen LogP contribution in [0.5, 0.6) is 17.2 Å². The molecule has 0 spiro atoms. The van der Waals surface area contributed by atoms with E-state index >= 15 is 0 Å². The second-order valence-corrected chi connectivity index (χ2v) is 19.3. The number of aliphatic hydroxyl groups excluding tert-OH is 6. The summed E-state index contributed by atoms with van der Waals surface area (Å²) in [5, 5.41) is 92.5. The van der Waals surface area contributed by atoms with Crippen LogP contribution in [0.2, 0.25) is 0 Å². The average Bonchev–Trinajstić information content (AvgIpc) is 3.38. The van der Waals surface area contributed by atoms with Crippen molar-refractivity contribution in [3.8, 4) is 28.8 Å². The van der Waals surface area contributed by atoms with E-state index in [2.05, 4.69) is 24.8 Å². The number of nitrogens with zero attached hydrogens (tertiary/aromatic N) is 5. The summed E-state index contributed by atoms with van der Waals surface area (Å²) in [5.74, 6) is -3.83. The summed E-state index contributed by atoms with van der Waals surface area (Å²) in [5.41, 5.74) is 3.49. The summed E-state index contributed by atoms with van der Waals surface area (Å²) in [6, 6.07) is 7.17. The van der Waals surface area contributed by atoms with E-state index in [9.17, 15) is 64.8 Å². The van der Waals surface area contributed by atoms with E-state index < -0.39 is 132 Å². The molecule has 9 atom stereocenters. The minimum atomic E-state index is -2.24. The lowest BCUT2D eigenvalue weighted by molar-refractivity contribution is -0.247. The van der Waals surface area contributed by atoms with Crippen molar-refractivity contribution in [2.45, 2.75) is 101 Å². The first kappa shape index (κ1) is 54.1. The Bertz CT molecular complexity index is 3030. The van der Waals surface area contributed by atoms with Crippen molar-refractivity contribution in [2.24, 2.45) is 5.73 Å². The molecule has 398 valence electrons. The number of aryl methyl sites for hydroxylation is 2. The minimum Gasteiger partial charge on any atom is -0.507 e. The molecular formula is C50H61N7O17. The Labute approximate surface area is 422 Å². The number of aliphatic hydroxyl groups is 7. The van der Waals surface area contributed by atoms with Crippen molar-refractivity contribution in [1.29, 1.82) is 0 Å². The smallest absolute Gasteiger partial charge is 0.349 e. The number of Topliss-reactive ketones (excluding diaryl/α,β-unsaturated/α-hetero) is 1. The van der Waals surface area contributed by atoms with Crippen LogP contribution >= 0.6 is 0 Å². The number of methoxy groups -OCH3 is 1. The van der Waals surface area contributed by atoms with Gasteiger partial charge in [-0.25, -0.2) is 9.78 Å². The van der Waals surface area contributed by atoms with Gasteiger partial charge in [0.1, 0.15) is 47.8 Å². The lowest BCUT2D eigenvalue weighted by Crippen LogP contribution is -2.55. The summed E-state index contributed by atoms with van der Waals surface area (Å²) >= 11 is 0. The molecule has 3 aromatic carbocycles. The Morgan fingerprint density at radius 1 is 0.919 bits per heavy atom. The maximum atomic E-state index is 13.6. The highest BCUT2D eigenvalue weighted by atomic mass is 16.7. The van der Waals surface area contributed by atoms with Gasteiger partial charge in [0.2, 0.25) is 5.78 Å². The van der Waals surface area contributed by atoms with E-state index in [1.165, 1.54) is 69.1 Å². The van der Waals surface area contributed by atoms with Crippen LogP contribution in [-0.4, -0.2) is 201 Å². The fraction of sp³-hybridized carbons (Fsp3) is 0.500. The van der Waals surface area contributed by atoms with Crippen LogP contribution in [0.4, 0.5) is 0 Å². The fourth-order valence-electron chi connectivity index (χ4n) is 10.2. The number of benzene rings is 3. The number of piperazine rings is 3. The van der Waals surface area contributed by atoms with Gasteiger partial charge in [-0.1, -0.05) is 12.1 Å². The number of ketones is 3. The number of aromatic nitrogens is 4. The number of nitrogens with one attached hydrogen (secondary N) is 1. The van der Waals surface area contributed by atoms with E-state index in [4.69, 9.17) is 25.1 Å². The largest absolute Gasteiger partial charge is 0.507 e. The number of aromatic hydroxyl groups is 2. The Hall–Kier alpha value is -6.13. The van der Waals surface area contributed by atoms with Gasteiger partial charge in [-0.05, 0) is 50.1 Å². The summed E-state index contributed by atoms with van der Waals surface area (Å²) < 4.78 is 18.4. The molecule has 0 unspecified atom stereocenters. The zero-order valence-corrected chi connectivity index (χ0v) is 41.1. The standard InChI is InChI=1S/C27H29NO11.C17H20N4O6.C6H12N2/c1-10-22(31)13(28)6-17(38-10)39-15-8-27(36,16(30)9-29)7-12-19(15)26(35)21-20(24(12)33)23(32)11-4-3-5-14(37-2)18(11)25(21)34;1-7-3-9-10(4-8(7)2)21(5-11(23)14(25)12(24)6-22)15-13(18-9)16(26)20-17(27)19-15;1-2-8-5-3-7(1)4-6-8/h3-5,10,13,15,17,22,29,31,33,35-36H,6-9,28H2,1-2H3;3-4,11-12,14,22-25H,5-6H2,1-2H3,(H,20,26,27);1-6H2/t10-,13-,15-,17-,22+,27-;11-,12+,14-;/m00./s1. The number of hydrogen-bond donors (Lipinski definition) is 11. The molecule has 0 radical (unpaired) electrons. The van der Waals surface area contributed by atoms with Gasteiger partial charge in [0, 0.05) is 81.3 Å². The Balaban J connectivity index is 0.000000178. The molecule has 3 aromatic rings. The van der Waals surface area contributed by atoms with E-state index in [0.717, 1.165) is 11.1 Å². The number of ether oxygens (including phenoxy) is 3. The van der Waals surface area contributed by atoms with Crippen LogP contribution in [-0.2, 0) is 27.2 Å². The van der Waals surface area contributed by atoms with E-state index in [-0.39, 0.29) is 52.5 Å². The van der Waals surface area contributed by atoms with Crippen molar-refractivity contribution >= 4 is 28.4 Å². The molecule has 0 amide bonds. The van der Waals surface area contributed by atoms with E-state index in [1.54, 1.807) is 19.1 Å². The van der Waals surface area contributed by atoms with Crippen molar-refractivity contribution in [3.63, 3.8) is 0 Å². The van der Waals surface area contributed by atoms with Crippen LogP contribution < -0.4 is 21.7 Å². The van der Waals surface area contributed by atoms with Crippen molar-refractivity contribution in [3.05, 3.63) is 95.7 Å². The fourth-order valence-corrected chi connectivity index (χ4v) is 10.2. The summed E-state index contributed by atoms with van der Waals surface area (Å²) in [6.45, 7) is 11.2. The number of aromatic amines is 1. The molecule has 6 aliphatic heterocycles. The Morgan fingerprint density at radius 2 is 1.55 bits per heavy atom. The molecule has 2 bridgehead atoms. The number of carbonyl (C=O) groups is 3. The topological polar surface area (TPSA) is 374 Å². The number of H-pyrrole nitrogens is 1. The highest BCUT2D eigenvalue weighted by Gasteiger charge is 2.50. The molecule has 12 N–H and O–H groups in total. The molecule has 4 fully saturated rings. The van der Waals surface area contributed by atoms with Gasteiger partial charge >= 0.3 is 5.69 Å². The van der Waals surface area contributed by atoms with Crippen LogP contribution in [0.3, 0.4) is 0 Å². The van der Waals surface area contributed by atoms with E-state index in [1.807, 2.05) is 13.8 Å². The van der Waals surface area contributed by atoms with Crippen LogP contribution in [0.1, 0.15) is 80.0 Å². The first-order valence-electron chi connectivity index (χ1n) is 24.1. The number of phenols is 2. The molecule has 0 aromatic heterocycles. The SMILES string of the molecule is C1CN2CCN1CC2.COc1cccc2c1C(=O)c1c(O)c3c(c(O)c1C2=O)C[C@@](O)(C(=O)CO)C[C@@H]3O[C@H]1C[C@H](N)[C@H](O)[C@H](C)O1.Cc1cc2nc3c(=O)[nH]c(=O)nc-3n(C[C@H](O)[C@H](O)[C@H](O)CO)c2cc1C. The predicted octanol–water partition coefficient (Wildman–Crippen LogP) is -2.10. The molecule has 0 saturated carbocycles. The summed E-state index contributed by atoms with van der Waals surface area (Å²) in [7, 11) is 1.32. The lowest BCUT2D eigenvalue weighted by Gasteiger charge is -2.42. The van der Waals surface area contributed by atoms with E-state index in [0.29, 0.717) is 11.0 Å². The number of hydrogen-bond acceptors (Lipinski definition) is 22.